The number of esters is 1. The minimum Gasteiger partial charge on any atom is -0.451 e. The second-order valence-corrected chi connectivity index (χ2v) is 8.01. The van der Waals surface area contributed by atoms with Gasteiger partial charge in [0.15, 0.2) is 6.10 Å². The molecule has 4 amide bonds. The van der Waals surface area contributed by atoms with Gasteiger partial charge in [0.2, 0.25) is 0 Å². The number of carbonyl (C=O) groups excluding carboxylic acids is 4. The highest BCUT2D eigenvalue weighted by Gasteiger charge is 2.42. The molecule has 1 fully saturated rings. The van der Waals surface area contributed by atoms with E-state index in [9.17, 15) is 27.6 Å². The molecule has 10 nitrogen and oxygen atoms in total. The molecule has 1 aliphatic carbocycles. The Balaban J connectivity index is 1.58. The highest BCUT2D eigenvalue weighted by Crippen LogP contribution is 2.29. The molecule has 0 spiro atoms. The van der Waals surface area contributed by atoms with Gasteiger partial charge in [-0.15, -0.1) is 0 Å². The minimum atomic E-state index is -4.15. The number of amides is 4. The van der Waals surface area contributed by atoms with Crippen molar-refractivity contribution >= 4 is 33.8 Å². The molecule has 1 aliphatic heterocycles. The van der Waals surface area contributed by atoms with Gasteiger partial charge in [0.05, 0.1) is 5.56 Å². The fourth-order valence-electron chi connectivity index (χ4n) is 2.46. The van der Waals surface area contributed by atoms with Crippen LogP contribution in [0.4, 0.5) is 4.79 Å². The van der Waals surface area contributed by atoms with Crippen LogP contribution < -0.4 is 10.6 Å². The van der Waals surface area contributed by atoms with Crippen molar-refractivity contribution in [2.45, 2.75) is 36.8 Å². The van der Waals surface area contributed by atoms with Gasteiger partial charge in [-0.05, 0) is 31.9 Å². The van der Waals surface area contributed by atoms with Crippen LogP contribution in [0.5, 0.6) is 0 Å². The van der Waals surface area contributed by atoms with Crippen LogP contribution in [-0.2, 0) is 24.3 Å². The third-order valence-electron chi connectivity index (χ3n) is 4.01. The van der Waals surface area contributed by atoms with E-state index in [-0.39, 0.29) is 16.5 Å². The first-order chi connectivity index (χ1) is 12.7. The lowest BCUT2D eigenvalue weighted by Gasteiger charge is -2.17. The van der Waals surface area contributed by atoms with Crippen molar-refractivity contribution in [3.8, 4) is 0 Å². The fourth-order valence-corrected chi connectivity index (χ4v) is 3.97. The summed E-state index contributed by atoms with van der Waals surface area (Å²) in [5, 5.41) is 4.56. The maximum absolute atomic E-state index is 12.4. The quantitative estimate of drug-likeness (QED) is 0.656. The van der Waals surface area contributed by atoms with E-state index in [4.69, 9.17) is 4.74 Å². The standard InChI is InChI=1S/C16H17N3O7S/c1-9(14(21)18-16(23)17-10-6-7-10)26-13(20)8-19-15(22)11-4-2-3-5-12(11)27(19,24)25/h2-5,9-10H,6-8H2,1H3,(H2,17,18,21,23)/t9-/m0/s1. The van der Waals surface area contributed by atoms with Crippen LogP contribution in [0.15, 0.2) is 29.2 Å². The SMILES string of the molecule is C[C@H](OC(=O)CN1C(=O)c2ccccc2S1(=O)=O)C(=O)NC(=O)NC1CC1. The van der Waals surface area contributed by atoms with Gasteiger partial charge in [-0.3, -0.25) is 19.7 Å². The minimum absolute atomic E-state index is 0.0344. The first-order valence-electron chi connectivity index (χ1n) is 8.17. The van der Waals surface area contributed by atoms with Crippen molar-refractivity contribution in [2.75, 3.05) is 6.54 Å². The van der Waals surface area contributed by atoms with Crippen LogP contribution in [0.2, 0.25) is 0 Å². The second-order valence-electron chi connectivity index (χ2n) is 6.18. The largest absolute Gasteiger partial charge is 0.451 e. The van der Waals surface area contributed by atoms with Crippen LogP contribution in [0.25, 0.3) is 0 Å². The van der Waals surface area contributed by atoms with E-state index in [1.807, 2.05) is 5.32 Å². The zero-order chi connectivity index (χ0) is 19.8. The lowest BCUT2D eigenvalue weighted by molar-refractivity contribution is -0.154. The van der Waals surface area contributed by atoms with Gasteiger partial charge >= 0.3 is 12.0 Å². The normalized spacial score (nSPS) is 18.4. The number of carbonyl (C=O) groups is 4. The van der Waals surface area contributed by atoms with E-state index in [2.05, 4.69) is 5.32 Å². The summed E-state index contributed by atoms with van der Waals surface area (Å²) in [6.07, 6.45) is 0.338. The Morgan fingerprint density at radius 3 is 2.56 bits per heavy atom. The second kappa shape index (κ2) is 6.99. The predicted octanol–water partition coefficient (Wildman–Crippen LogP) is -0.249. The number of fused-ring (bicyclic) bond motifs is 1. The van der Waals surface area contributed by atoms with Crippen molar-refractivity contribution < 1.29 is 32.3 Å². The molecule has 1 saturated carbocycles. The molecule has 0 radical (unpaired) electrons. The predicted molar refractivity (Wildman–Crippen MR) is 89.9 cm³/mol. The number of rotatable bonds is 5. The lowest BCUT2D eigenvalue weighted by atomic mass is 10.2. The molecule has 0 saturated heterocycles. The van der Waals surface area contributed by atoms with Crippen molar-refractivity contribution in [1.29, 1.82) is 0 Å². The molecule has 1 atom stereocenters. The summed E-state index contributed by atoms with van der Waals surface area (Å²) >= 11 is 0. The summed E-state index contributed by atoms with van der Waals surface area (Å²) in [7, 11) is -4.15. The van der Waals surface area contributed by atoms with Gasteiger partial charge in [-0.1, -0.05) is 12.1 Å². The Morgan fingerprint density at radius 2 is 1.93 bits per heavy atom. The molecule has 1 heterocycles. The highest BCUT2D eigenvalue weighted by atomic mass is 32.2. The Morgan fingerprint density at radius 1 is 1.26 bits per heavy atom. The molecule has 144 valence electrons. The smallest absolute Gasteiger partial charge is 0.327 e. The van der Waals surface area contributed by atoms with Crippen LogP contribution in [0.1, 0.15) is 30.1 Å². The molecule has 0 bridgehead atoms. The number of urea groups is 1. The Kier molecular flexibility index (Phi) is 4.87. The zero-order valence-corrected chi connectivity index (χ0v) is 15.1. The van der Waals surface area contributed by atoms with E-state index < -0.39 is 46.5 Å². The summed E-state index contributed by atoms with van der Waals surface area (Å²) in [6.45, 7) is 0.356. The van der Waals surface area contributed by atoms with Gasteiger partial charge in [0.25, 0.3) is 21.8 Å². The van der Waals surface area contributed by atoms with E-state index >= 15 is 0 Å². The number of hydrogen-bond donors (Lipinski definition) is 2. The molecule has 0 aromatic heterocycles. The van der Waals surface area contributed by atoms with Crippen molar-refractivity contribution in [2.24, 2.45) is 0 Å². The zero-order valence-electron chi connectivity index (χ0n) is 14.3. The Hall–Kier alpha value is -2.95. The van der Waals surface area contributed by atoms with Crippen LogP contribution in [0, 0.1) is 0 Å². The van der Waals surface area contributed by atoms with E-state index in [1.54, 1.807) is 0 Å². The average Bonchev–Trinajstić information content (AvgIpc) is 3.39. The summed E-state index contributed by atoms with van der Waals surface area (Å²) in [4.78, 5) is 47.4. The van der Waals surface area contributed by atoms with Crippen LogP contribution in [0.3, 0.4) is 0 Å². The van der Waals surface area contributed by atoms with Crippen molar-refractivity contribution in [1.82, 2.24) is 14.9 Å². The number of hydrogen-bond acceptors (Lipinski definition) is 7. The summed E-state index contributed by atoms with van der Waals surface area (Å²) < 4.78 is 30.0. The van der Waals surface area contributed by atoms with E-state index in [1.165, 1.54) is 31.2 Å². The van der Waals surface area contributed by atoms with Gasteiger partial charge in [0.1, 0.15) is 11.4 Å². The van der Waals surface area contributed by atoms with Crippen molar-refractivity contribution in [3.63, 3.8) is 0 Å². The molecular weight excluding hydrogens is 378 g/mol. The molecule has 11 heteroatoms. The average molecular weight is 395 g/mol. The molecule has 2 N–H and O–H groups in total. The monoisotopic (exact) mass is 395 g/mol. The van der Waals surface area contributed by atoms with Crippen LogP contribution >= 0.6 is 0 Å². The Labute approximate surface area is 154 Å². The molecule has 1 aromatic carbocycles. The number of imide groups is 1. The van der Waals surface area contributed by atoms with Gasteiger partial charge in [-0.2, -0.15) is 0 Å². The van der Waals surface area contributed by atoms with Gasteiger partial charge in [0, 0.05) is 6.04 Å². The number of nitrogens with zero attached hydrogens (tertiary/aromatic N) is 1. The topological polar surface area (TPSA) is 139 Å². The maximum Gasteiger partial charge on any atom is 0.327 e. The number of sulfonamides is 1. The number of ether oxygens (including phenoxy) is 1. The molecule has 3 rings (SSSR count). The van der Waals surface area contributed by atoms with Gasteiger partial charge in [-0.25, -0.2) is 17.5 Å². The van der Waals surface area contributed by atoms with E-state index in [0.717, 1.165) is 12.8 Å². The van der Waals surface area contributed by atoms with Gasteiger partial charge < -0.3 is 10.1 Å². The first-order valence-corrected chi connectivity index (χ1v) is 9.61. The molecule has 1 aromatic rings. The summed E-state index contributed by atoms with van der Waals surface area (Å²) in [5.74, 6) is -2.80. The van der Waals surface area contributed by atoms with E-state index in [0.29, 0.717) is 4.31 Å². The fraction of sp³-hybridized carbons (Fsp3) is 0.375. The summed E-state index contributed by atoms with van der Waals surface area (Å²) in [5.41, 5.74) is -0.0344. The maximum atomic E-state index is 12.4. The van der Waals surface area contributed by atoms with Crippen molar-refractivity contribution in [3.05, 3.63) is 29.8 Å². The third kappa shape index (κ3) is 3.92. The number of nitrogens with one attached hydrogen (secondary N) is 2. The van der Waals surface area contributed by atoms with Crippen LogP contribution in [-0.4, -0.2) is 55.2 Å². The Bertz CT molecular complexity index is 924. The third-order valence-corrected chi connectivity index (χ3v) is 5.80. The first kappa shape index (κ1) is 18.8. The summed E-state index contributed by atoms with van der Waals surface area (Å²) in [6, 6.07) is 4.93. The lowest BCUT2D eigenvalue weighted by Crippen LogP contribution is -2.46. The molecule has 2 aliphatic rings. The molecule has 27 heavy (non-hydrogen) atoms. The highest BCUT2D eigenvalue weighted by molar-refractivity contribution is 7.90. The molecule has 0 unspecified atom stereocenters. The number of benzene rings is 1. The molecular formula is C16H17N3O7S.